The quantitative estimate of drug-likeness (QED) is 0.827. The van der Waals surface area contributed by atoms with Gasteiger partial charge in [0.2, 0.25) is 0 Å². The number of rotatable bonds is 7. The Morgan fingerprint density at radius 1 is 1.28 bits per heavy atom. The van der Waals surface area contributed by atoms with E-state index >= 15 is 0 Å². The number of hydrogen-bond acceptors (Lipinski definition) is 4. The minimum Gasteiger partial charge on any atom is -0.382 e. The van der Waals surface area contributed by atoms with Crippen molar-refractivity contribution in [2.45, 2.75) is 38.8 Å². The van der Waals surface area contributed by atoms with Gasteiger partial charge in [0.25, 0.3) is 0 Å². The molecule has 0 radical (unpaired) electrons. The van der Waals surface area contributed by atoms with Crippen LogP contribution in [0.25, 0.3) is 0 Å². The van der Waals surface area contributed by atoms with Crippen LogP contribution in [0.2, 0.25) is 0 Å². The van der Waals surface area contributed by atoms with Crippen molar-refractivity contribution < 1.29 is 9.47 Å². The van der Waals surface area contributed by atoms with Crippen molar-refractivity contribution in [1.82, 2.24) is 5.32 Å². The molecule has 0 amide bonds. The predicted octanol–water partition coefficient (Wildman–Crippen LogP) is 2.80. The number of hydrogen-bond donors (Lipinski definition) is 1. The lowest BCUT2D eigenvalue weighted by Gasteiger charge is -2.16. The highest BCUT2D eigenvalue weighted by Crippen LogP contribution is 2.29. The minimum absolute atomic E-state index is 0.122. The van der Waals surface area contributed by atoms with Crippen LogP contribution in [-0.2, 0) is 21.4 Å². The Kier molecular flexibility index (Phi) is 6.29. The summed E-state index contributed by atoms with van der Waals surface area (Å²) in [7, 11) is 3.41. The molecule has 104 valence electrons. The van der Waals surface area contributed by atoms with Gasteiger partial charge in [0.15, 0.2) is 0 Å². The molecule has 0 saturated heterocycles. The summed E-state index contributed by atoms with van der Waals surface area (Å²) in [5.74, 6) is 0. The highest BCUT2D eigenvalue weighted by Gasteiger charge is 2.16. The van der Waals surface area contributed by atoms with Gasteiger partial charge in [-0.25, -0.2) is 0 Å². The Labute approximate surface area is 114 Å². The Hall–Kier alpha value is -0.420. The number of methoxy groups -OCH3 is 2. The van der Waals surface area contributed by atoms with Crippen LogP contribution in [0, 0.1) is 0 Å². The minimum atomic E-state index is 0.122. The SMILES string of the molecule is COCC(CNCc1ccc(C(C)(C)C)s1)OC. The third-order valence-corrected chi connectivity index (χ3v) is 4.27. The molecule has 1 aromatic rings. The standard InChI is InChI=1S/C14H25NO2S/c1-14(2,3)13-7-6-12(18-13)9-15-8-11(17-5)10-16-4/h6-7,11,15H,8-10H2,1-5H3. The lowest BCUT2D eigenvalue weighted by Crippen LogP contribution is -2.31. The Morgan fingerprint density at radius 2 is 2.00 bits per heavy atom. The molecule has 1 N–H and O–H groups in total. The molecule has 4 heteroatoms. The maximum absolute atomic E-state index is 5.30. The van der Waals surface area contributed by atoms with Gasteiger partial charge in [-0.05, 0) is 17.5 Å². The van der Waals surface area contributed by atoms with Crippen LogP contribution in [0.3, 0.4) is 0 Å². The molecule has 0 spiro atoms. The molecule has 0 fully saturated rings. The smallest absolute Gasteiger partial charge is 0.0928 e. The third kappa shape index (κ3) is 5.06. The summed E-state index contributed by atoms with van der Waals surface area (Å²) in [5.41, 5.74) is 0.244. The van der Waals surface area contributed by atoms with E-state index in [4.69, 9.17) is 9.47 Å². The second kappa shape index (κ2) is 7.24. The van der Waals surface area contributed by atoms with Gasteiger partial charge in [0, 0.05) is 37.1 Å². The van der Waals surface area contributed by atoms with Gasteiger partial charge in [-0.3, -0.25) is 0 Å². The molecule has 1 heterocycles. The lowest BCUT2D eigenvalue weighted by atomic mass is 9.95. The normalized spacial score (nSPS) is 13.8. The van der Waals surface area contributed by atoms with Crippen LogP contribution >= 0.6 is 11.3 Å². The first-order valence-electron chi connectivity index (χ1n) is 6.29. The molecule has 1 atom stereocenters. The average molecular weight is 271 g/mol. The van der Waals surface area contributed by atoms with Gasteiger partial charge in [0.1, 0.15) is 0 Å². The molecule has 0 bridgehead atoms. The van der Waals surface area contributed by atoms with Crippen LogP contribution in [-0.4, -0.2) is 33.5 Å². The van der Waals surface area contributed by atoms with Crippen molar-refractivity contribution in [3.63, 3.8) is 0 Å². The van der Waals surface area contributed by atoms with Crippen LogP contribution < -0.4 is 5.32 Å². The van der Waals surface area contributed by atoms with Crippen LogP contribution in [0.15, 0.2) is 12.1 Å². The summed E-state index contributed by atoms with van der Waals surface area (Å²) < 4.78 is 10.4. The van der Waals surface area contributed by atoms with Gasteiger partial charge < -0.3 is 14.8 Å². The molecule has 0 aliphatic heterocycles. The third-order valence-electron chi connectivity index (χ3n) is 2.76. The first kappa shape index (κ1) is 15.6. The van der Waals surface area contributed by atoms with E-state index < -0.39 is 0 Å². The van der Waals surface area contributed by atoms with Gasteiger partial charge in [-0.15, -0.1) is 11.3 Å². The van der Waals surface area contributed by atoms with Crippen molar-refractivity contribution in [3.8, 4) is 0 Å². The molecule has 0 aliphatic rings. The zero-order chi connectivity index (χ0) is 13.6. The Bertz CT molecular complexity index is 344. The van der Waals surface area contributed by atoms with Crippen LogP contribution in [0.5, 0.6) is 0 Å². The number of thiophene rings is 1. The fourth-order valence-corrected chi connectivity index (χ4v) is 2.66. The van der Waals surface area contributed by atoms with E-state index in [1.54, 1.807) is 14.2 Å². The van der Waals surface area contributed by atoms with Gasteiger partial charge in [-0.1, -0.05) is 20.8 Å². The zero-order valence-corrected chi connectivity index (χ0v) is 12.9. The predicted molar refractivity (Wildman–Crippen MR) is 77.4 cm³/mol. The molecule has 0 saturated carbocycles. The second-order valence-electron chi connectivity index (χ2n) is 5.46. The van der Waals surface area contributed by atoms with Gasteiger partial charge >= 0.3 is 0 Å². The highest BCUT2D eigenvalue weighted by atomic mass is 32.1. The summed E-state index contributed by atoms with van der Waals surface area (Å²) in [4.78, 5) is 2.80. The summed E-state index contributed by atoms with van der Waals surface area (Å²) in [6.45, 7) is 9.07. The van der Waals surface area contributed by atoms with E-state index in [0.29, 0.717) is 6.61 Å². The molecule has 18 heavy (non-hydrogen) atoms. The molecule has 1 aromatic heterocycles. The number of nitrogens with one attached hydrogen (secondary N) is 1. The molecule has 1 rings (SSSR count). The summed E-state index contributed by atoms with van der Waals surface area (Å²) in [5, 5.41) is 3.41. The highest BCUT2D eigenvalue weighted by molar-refractivity contribution is 7.12. The van der Waals surface area contributed by atoms with E-state index in [2.05, 4.69) is 38.2 Å². The largest absolute Gasteiger partial charge is 0.382 e. The van der Waals surface area contributed by atoms with E-state index in [0.717, 1.165) is 13.1 Å². The molecular weight excluding hydrogens is 246 g/mol. The van der Waals surface area contributed by atoms with E-state index in [1.807, 2.05) is 11.3 Å². The maximum Gasteiger partial charge on any atom is 0.0928 e. The van der Waals surface area contributed by atoms with Crippen molar-refractivity contribution in [2.75, 3.05) is 27.4 Å². The Balaban J connectivity index is 2.37. The summed E-state index contributed by atoms with van der Waals surface area (Å²) in [6.07, 6.45) is 0.122. The average Bonchev–Trinajstić information content (AvgIpc) is 2.76. The maximum atomic E-state index is 5.30. The first-order chi connectivity index (χ1) is 8.47. The van der Waals surface area contributed by atoms with Gasteiger partial charge in [0.05, 0.1) is 12.7 Å². The van der Waals surface area contributed by atoms with Crippen LogP contribution in [0.1, 0.15) is 30.5 Å². The Morgan fingerprint density at radius 3 is 2.50 bits per heavy atom. The summed E-state index contributed by atoms with van der Waals surface area (Å²) >= 11 is 1.88. The van der Waals surface area contributed by atoms with Crippen molar-refractivity contribution in [1.29, 1.82) is 0 Å². The van der Waals surface area contributed by atoms with E-state index in [-0.39, 0.29) is 11.5 Å². The molecule has 3 nitrogen and oxygen atoms in total. The summed E-state index contributed by atoms with van der Waals surface area (Å²) in [6, 6.07) is 4.43. The number of ether oxygens (including phenoxy) is 2. The second-order valence-corrected chi connectivity index (χ2v) is 6.63. The van der Waals surface area contributed by atoms with Crippen molar-refractivity contribution in [2.24, 2.45) is 0 Å². The van der Waals surface area contributed by atoms with Crippen molar-refractivity contribution >= 4 is 11.3 Å². The van der Waals surface area contributed by atoms with E-state index in [1.165, 1.54) is 9.75 Å². The fourth-order valence-electron chi connectivity index (χ4n) is 1.63. The monoisotopic (exact) mass is 271 g/mol. The molecule has 1 unspecified atom stereocenters. The molecular formula is C14H25NO2S. The fraction of sp³-hybridized carbons (Fsp3) is 0.714. The molecule has 0 aliphatic carbocycles. The molecule has 0 aromatic carbocycles. The zero-order valence-electron chi connectivity index (χ0n) is 12.1. The van der Waals surface area contributed by atoms with E-state index in [9.17, 15) is 0 Å². The lowest BCUT2D eigenvalue weighted by molar-refractivity contribution is 0.0288. The van der Waals surface area contributed by atoms with Crippen LogP contribution in [0.4, 0.5) is 0 Å². The topological polar surface area (TPSA) is 30.5 Å². The first-order valence-corrected chi connectivity index (χ1v) is 7.10. The van der Waals surface area contributed by atoms with Gasteiger partial charge in [-0.2, -0.15) is 0 Å². The van der Waals surface area contributed by atoms with Crippen molar-refractivity contribution in [3.05, 3.63) is 21.9 Å².